The zero-order valence-corrected chi connectivity index (χ0v) is 15.4. The molecule has 1 atom stereocenters. The zero-order chi connectivity index (χ0) is 18.1. The molecule has 1 aliphatic rings. The van der Waals surface area contributed by atoms with Gasteiger partial charge in [0.25, 0.3) is 0 Å². The van der Waals surface area contributed by atoms with Crippen molar-refractivity contribution in [3.63, 3.8) is 0 Å². The largest absolute Gasteiger partial charge is 0.350 e. The van der Waals surface area contributed by atoms with E-state index in [1.54, 1.807) is 0 Å². The molecule has 0 spiro atoms. The van der Waals surface area contributed by atoms with Gasteiger partial charge in [-0.15, -0.1) is 0 Å². The summed E-state index contributed by atoms with van der Waals surface area (Å²) in [7, 11) is 0. The van der Waals surface area contributed by atoms with Crippen molar-refractivity contribution in [2.45, 2.75) is 70.9 Å². The number of hydrogen-bond acceptors (Lipinski definition) is 2. The van der Waals surface area contributed by atoms with Crippen molar-refractivity contribution in [3.05, 3.63) is 35.4 Å². The van der Waals surface area contributed by atoms with Gasteiger partial charge >= 0.3 is 6.03 Å². The van der Waals surface area contributed by atoms with Gasteiger partial charge in [-0.1, -0.05) is 50.5 Å². The number of nitrogens with one attached hydrogen (secondary N) is 3. The van der Waals surface area contributed by atoms with Crippen molar-refractivity contribution in [2.24, 2.45) is 0 Å². The smallest absolute Gasteiger partial charge is 0.315 e. The molecule has 138 valence electrons. The quantitative estimate of drug-likeness (QED) is 0.708. The molecule has 1 aromatic rings. The summed E-state index contributed by atoms with van der Waals surface area (Å²) >= 11 is 0. The van der Waals surface area contributed by atoms with E-state index in [0.29, 0.717) is 6.54 Å². The molecule has 0 aromatic heterocycles. The van der Waals surface area contributed by atoms with Crippen molar-refractivity contribution < 1.29 is 9.59 Å². The molecular formula is C20H31N3O2. The molecule has 25 heavy (non-hydrogen) atoms. The number of rotatable bonds is 7. The molecular weight excluding hydrogens is 314 g/mol. The fraction of sp³-hybridized carbons (Fsp3) is 0.600. The number of benzene rings is 1. The highest BCUT2D eigenvalue weighted by Gasteiger charge is 2.15. The molecule has 2 rings (SSSR count). The third kappa shape index (κ3) is 6.77. The minimum atomic E-state index is -0.164. The molecule has 5 nitrogen and oxygen atoms in total. The van der Waals surface area contributed by atoms with Gasteiger partial charge in [0, 0.05) is 19.0 Å². The number of aryl methyl sites for hydroxylation is 1. The molecule has 1 aliphatic carbocycles. The summed E-state index contributed by atoms with van der Waals surface area (Å²) in [4.78, 5) is 23.9. The summed E-state index contributed by atoms with van der Waals surface area (Å²) in [6, 6.07) is 8.38. The van der Waals surface area contributed by atoms with Crippen LogP contribution in [0.4, 0.5) is 4.79 Å². The maximum Gasteiger partial charge on any atom is 0.315 e. The van der Waals surface area contributed by atoms with E-state index < -0.39 is 0 Å². The molecule has 0 bridgehead atoms. The second-order valence-corrected chi connectivity index (χ2v) is 6.87. The van der Waals surface area contributed by atoms with Gasteiger partial charge in [0.05, 0.1) is 6.04 Å². The van der Waals surface area contributed by atoms with Crippen LogP contribution in [-0.2, 0) is 11.2 Å². The first kappa shape index (κ1) is 19.3. The van der Waals surface area contributed by atoms with E-state index in [-0.39, 0.29) is 30.4 Å². The highest BCUT2D eigenvalue weighted by Crippen LogP contribution is 2.17. The Hall–Kier alpha value is -2.04. The van der Waals surface area contributed by atoms with E-state index in [2.05, 4.69) is 47.1 Å². The Bertz CT molecular complexity index is 551. The molecule has 1 aromatic carbocycles. The Kier molecular flexibility index (Phi) is 7.76. The summed E-state index contributed by atoms with van der Waals surface area (Å²) in [5.74, 6) is -0.0509. The zero-order valence-electron chi connectivity index (χ0n) is 15.4. The first-order valence-corrected chi connectivity index (χ1v) is 9.51. The van der Waals surface area contributed by atoms with Gasteiger partial charge in [-0.25, -0.2) is 4.79 Å². The van der Waals surface area contributed by atoms with Crippen molar-refractivity contribution in [1.29, 1.82) is 0 Å². The maximum atomic E-state index is 12.0. The minimum Gasteiger partial charge on any atom is -0.350 e. The number of hydrogen-bond donors (Lipinski definition) is 3. The lowest BCUT2D eigenvalue weighted by Crippen LogP contribution is -2.43. The molecule has 0 heterocycles. The summed E-state index contributed by atoms with van der Waals surface area (Å²) in [5.41, 5.74) is 2.38. The van der Waals surface area contributed by atoms with E-state index in [0.717, 1.165) is 24.8 Å². The van der Waals surface area contributed by atoms with Gasteiger partial charge < -0.3 is 16.0 Å². The van der Waals surface area contributed by atoms with Crippen LogP contribution in [0.2, 0.25) is 0 Å². The first-order valence-electron chi connectivity index (χ1n) is 9.51. The van der Waals surface area contributed by atoms with Crippen LogP contribution >= 0.6 is 0 Å². The van der Waals surface area contributed by atoms with Crippen molar-refractivity contribution in [3.8, 4) is 0 Å². The van der Waals surface area contributed by atoms with Gasteiger partial charge in [0.15, 0.2) is 0 Å². The van der Waals surface area contributed by atoms with Crippen LogP contribution in [0.25, 0.3) is 0 Å². The van der Waals surface area contributed by atoms with Crippen molar-refractivity contribution in [2.75, 3.05) is 6.54 Å². The number of carbonyl (C=O) groups is 2. The summed E-state index contributed by atoms with van der Waals surface area (Å²) in [6.07, 6.45) is 7.05. The Morgan fingerprint density at radius 3 is 2.44 bits per heavy atom. The molecule has 1 saturated carbocycles. The van der Waals surface area contributed by atoms with Crippen molar-refractivity contribution >= 4 is 11.9 Å². The summed E-state index contributed by atoms with van der Waals surface area (Å²) in [6.45, 7) is 4.45. The van der Waals surface area contributed by atoms with E-state index in [9.17, 15) is 9.59 Å². The second kappa shape index (κ2) is 10.1. The Labute approximate surface area is 151 Å². The minimum absolute atomic E-state index is 0.0329. The van der Waals surface area contributed by atoms with E-state index >= 15 is 0 Å². The highest BCUT2D eigenvalue weighted by atomic mass is 16.2. The van der Waals surface area contributed by atoms with Crippen molar-refractivity contribution in [1.82, 2.24) is 16.0 Å². The van der Waals surface area contributed by atoms with Crippen LogP contribution < -0.4 is 16.0 Å². The predicted molar refractivity (Wildman–Crippen MR) is 100 cm³/mol. The van der Waals surface area contributed by atoms with Crippen LogP contribution in [-0.4, -0.2) is 24.5 Å². The van der Waals surface area contributed by atoms with E-state index in [1.165, 1.54) is 24.8 Å². The summed E-state index contributed by atoms with van der Waals surface area (Å²) < 4.78 is 0. The molecule has 3 amide bonds. The monoisotopic (exact) mass is 345 g/mol. The molecule has 0 aliphatic heterocycles. The standard InChI is InChI=1S/C20H31N3O2/c1-3-16-9-11-17(12-10-16)15(2)22-19(24)13-14-21-20(25)23-18-7-5-4-6-8-18/h9-12,15,18H,3-8,13-14H2,1-2H3,(H,22,24)(H2,21,23,25). The first-order chi connectivity index (χ1) is 12.1. The number of carbonyl (C=O) groups excluding carboxylic acids is 2. The van der Waals surface area contributed by atoms with Gasteiger partial charge in [-0.3, -0.25) is 4.79 Å². The second-order valence-electron chi connectivity index (χ2n) is 6.87. The normalized spacial score (nSPS) is 16.1. The van der Waals surface area contributed by atoms with Crippen LogP contribution in [0.3, 0.4) is 0 Å². The van der Waals surface area contributed by atoms with E-state index in [4.69, 9.17) is 0 Å². The van der Waals surface area contributed by atoms with Crippen LogP contribution in [0.5, 0.6) is 0 Å². The third-order valence-corrected chi connectivity index (χ3v) is 4.84. The predicted octanol–water partition coefficient (Wildman–Crippen LogP) is 3.45. The average Bonchev–Trinajstić information content (AvgIpc) is 2.62. The molecule has 1 fully saturated rings. The number of urea groups is 1. The van der Waals surface area contributed by atoms with Crippen LogP contribution in [0, 0.1) is 0 Å². The Morgan fingerprint density at radius 2 is 1.80 bits per heavy atom. The van der Waals surface area contributed by atoms with Gasteiger partial charge in [0.2, 0.25) is 5.91 Å². The Morgan fingerprint density at radius 1 is 1.12 bits per heavy atom. The molecule has 3 N–H and O–H groups in total. The summed E-state index contributed by atoms with van der Waals surface area (Å²) in [5, 5.41) is 8.74. The fourth-order valence-corrected chi connectivity index (χ4v) is 3.21. The van der Waals surface area contributed by atoms with Gasteiger partial charge in [-0.05, 0) is 37.3 Å². The number of amides is 3. The van der Waals surface area contributed by atoms with E-state index in [1.807, 2.05) is 6.92 Å². The lowest BCUT2D eigenvalue weighted by molar-refractivity contribution is -0.121. The molecule has 0 radical (unpaired) electrons. The third-order valence-electron chi connectivity index (χ3n) is 4.84. The molecule has 0 saturated heterocycles. The molecule has 5 heteroatoms. The fourth-order valence-electron chi connectivity index (χ4n) is 3.21. The average molecular weight is 345 g/mol. The lowest BCUT2D eigenvalue weighted by Gasteiger charge is -2.22. The van der Waals surface area contributed by atoms with Crippen LogP contribution in [0.15, 0.2) is 24.3 Å². The molecule has 1 unspecified atom stereocenters. The SMILES string of the molecule is CCc1ccc(C(C)NC(=O)CCNC(=O)NC2CCCCC2)cc1. The lowest BCUT2D eigenvalue weighted by atomic mass is 9.96. The van der Waals surface area contributed by atoms with Gasteiger partial charge in [-0.2, -0.15) is 0 Å². The topological polar surface area (TPSA) is 70.2 Å². The maximum absolute atomic E-state index is 12.0. The van der Waals surface area contributed by atoms with Crippen LogP contribution in [0.1, 0.15) is 69.5 Å². The highest BCUT2D eigenvalue weighted by molar-refractivity contribution is 5.78. The van der Waals surface area contributed by atoms with Gasteiger partial charge in [0.1, 0.15) is 0 Å². The Balaban J connectivity index is 1.64.